The van der Waals surface area contributed by atoms with Crippen molar-refractivity contribution in [1.82, 2.24) is 15.5 Å². The molecule has 1 aromatic heterocycles. The number of nitro groups is 1. The average molecular weight is 445 g/mol. The van der Waals surface area contributed by atoms with Crippen LogP contribution < -0.4 is 14.8 Å². The molecule has 0 unspecified atom stereocenters. The average Bonchev–Trinajstić information content (AvgIpc) is 3.21. The number of carbonyl (C=O) groups excluding carboxylic acids is 1. The molecule has 0 fully saturated rings. The molecule has 0 aliphatic carbocycles. The number of H-pyrrole nitrogens is 1. The van der Waals surface area contributed by atoms with Gasteiger partial charge in [-0.05, 0) is 24.1 Å². The van der Waals surface area contributed by atoms with E-state index in [1.165, 1.54) is 13.2 Å². The highest BCUT2D eigenvalue weighted by Crippen LogP contribution is 2.30. The second-order valence-electron chi connectivity index (χ2n) is 6.35. The zero-order valence-electron chi connectivity index (χ0n) is 16.4. The van der Waals surface area contributed by atoms with Gasteiger partial charge in [-0.2, -0.15) is 5.10 Å². The summed E-state index contributed by atoms with van der Waals surface area (Å²) in [5.74, 6) is -0.442. The van der Waals surface area contributed by atoms with E-state index >= 15 is 0 Å². The maximum atomic E-state index is 12.8. The molecule has 0 aliphatic rings. The highest BCUT2D eigenvalue weighted by atomic mass is 32.2. The Kier molecular flexibility index (Phi) is 6.50. The first-order chi connectivity index (χ1) is 14.8. The third-order valence-corrected chi connectivity index (χ3v) is 5.72. The third kappa shape index (κ3) is 5.17. The summed E-state index contributed by atoms with van der Waals surface area (Å²) in [7, 11) is -3.09. The van der Waals surface area contributed by atoms with Crippen molar-refractivity contribution in [3.05, 3.63) is 76.1 Å². The smallest absolute Gasteiger partial charge is 0.293 e. The summed E-state index contributed by atoms with van der Waals surface area (Å²) >= 11 is 0. The Balaban J connectivity index is 1.76. The van der Waals surface area contributed by atoms with Crippen LogP contribution in [0.3, 0.4) is 0 Å². The van der Waals surface area contributed by atoms with E-state index in [1.54, 1.807) is 0 Å². The second kappa shape index (κ2) is 9.26. The molecule has 11 nitrogen and oxygen atoms in total. The molecule has 0 saturated heterocycles. The Morgan fingerprint density at radius 3 is 2.65 bits per heavy atom. The lowest BCUT2D eigenvalue weighted by Gasteiger charge is -2.10. The summed E-state index contributed by atoms with van der Waals surface area (Å²) < 4.78 is 32.6. The molecule has 0 aliphatic heterocycles. The molecule has 0 spiro atoms. The topological polar surface area (TPSA) is 156 Å². The standard InChI is InChI=1S/C19H19N5O6S/c1-30-14-7-8-17(16(11-14)24(26)27)31(28,29)23-15-12-21-22-18(15)19(25)20-10-9-13-5-3-2-4-6-13/h2-8,11-12,23H,9-10H2,1H3,(H,20,25)(H,21,22). The maximum absolute atomic E-state index is 12.8. The number of carbonyl (C=O) groups is 1. The van der Waals surface area contributed by atoms with Gasteiger partial charge in [-0.3, -0.25) is 24.7 Å². The van der Waals surface area contributed by atoms with E-state index in [0.29, 0.717) is 13.0 Å². The zero-order chi connectivity index (χ0) is 22.4. The predicted octanol–water partition coefficient (Wildman–Crippen LogP) is 2.10. The van der Waals surface area contributed by atoms with Crippen LogP contribution in [0.4, 0.5) is 11.4 Å². The molecule has 31 heavy (non-hydrogen) atoms. The van der Waals surface area contributed by atoms with Crippen LogP contribution in [0.15, 0.2) is 59.6 Å². The quantitative estimate of drug-likeness (QED) is 0.336. The maximum Gasteiger partial charge on any atom is 0.293 e. The van der Waals surface area contributed by atoms with Gasteiger partial charge in [0.25, 0.3) is 21.6 Å². The fourth-order valence-corrected chi connectivity index (χ4v) is 3.99. The molecular weight excluding hydrogens is 426 g/mol. The first-order valence-corrected chi connectivity index (χ1v) is 10.5. The second-order valence-corrected chi connectivity index (χ2v) is 8.00. The van der Waals surface area contributed by atoms with Crippen LogP contribution in [0.5, 0.6) is 5.75 Å². The third-order valence-electron chi connectivity index (χ3n) is 4.31. The monoisotopic (exact) mass is 445 g/mol. The first-order valence-electron chi connectivity index (χ1n) is 9.02. The number of nitro benzene ring substituents is 1. The molecule has 0 radical (unpaired) electrons. The Labute approximate surface area is 177 Å². The van der Waals surface area contributed by atoms with Crippen LogP contribution >= 0.6 is 0 Å². The predicted molar refractivity (Wildman–Crippen MR) is 112 cm³/mol. The number of nitrogens with one attached hydrogen (secondary N) is 3. The summed E-state index contributed by atoms with van der Waals surface area (Å²) in [6.45, 7) is 0.317. The number of aromatic nitrogens is 2. The zero-order valence-corrected chi connectivity index (χ0v) is 17.2. The number of amides is 1. The number of aromatic amines is 1. The number of methoxy groups -OCH3 is 1. The van der Waals surface area contributed by atoms with Crippen LogP contribution in [0.2, 0.25) is 0 Å². The number of hydrogen-bond donors (Lipinski definition) is 3. The number of benzene rings is 2. The van der Waals surface area contributed by atoms with E-state index in [4.69, 9.17) is 4.74 Å². The van der Waals surface area contributed by atoms with Crippen molar-refractivity contribution in [3.8, 4) is 5.75 Å². The van der Waals surface area contributed by atoms with Crippen LogP contribution in [-0.4, -0.2) is 43.1 Å². The molecule has 3 N–H and O–H groups in total. The van der Waals surface area contributed by atoms with Crippen molar-refractivity contribution in [2.45, 2.75) is 11.3 Å². The molecule has 0 saturated carbocycles. The SMILES string of the molecule is COc1ccc(S(=O)(=O)Nc2cn[nH]c2C(=O)NCCc2ccccc2)c([N+](=O)[O-])c1. The number of hydrogen-bond acceptors (Lipinski definition) is 7. The summed E-state index contributed by atoms with van der Waals surface area (Å²) in [6.07, 6.45) is 1.69. The Morgan fingerprint density at radius 2 is 1.97 bits per heavy atom. The minimum atomic E-state index is -4.39. The van der Waals surface area contributed by atoms with Crippen LogP contribution in [-0.2, 0) is 16.4 Å². The Hall–Kier alpha value is -3.93. The molecule has 2 aromatic carbocycles. The van der Waals surface area contributed by atoms with Crippen LogP contribution in [0, 0.1) is 10.1 Å². The Morgan fingerprint density at radius 1 is 1.23 bits per heavy atom. The number of nitrogens with zero attached hydrogens (tertiary/aromatic N) is 2. The number of sulfonamides is 1. The Bertz CT molecular complexity index is 1190. The highest BCUT2D eigenvalue weighted by molar-refractivity contribution is 7.92. The number of anilines is 1. The van der Waals surface area contributed by atoms with E-state index in [1.807, 2.05) is 30.3 Å². The van der Waals surface area contributed by atoms with E-state index < -0.39 is 31.4 Å². The van der Waals surface area contributed by atoms with E-state index in [0.717, 1.165) is 23.9 Å². The number of ether oxygens (including phenoxy) is 1. The summed E-state index contributed by atoms with van der Waals surface area (Å²) in [4.78, 5) is 22.4. The van der Waals surface area contributed by atoms with Crippen molar-refractivity contribution in [2.75, 3.05) is 18.4 Å². The van der Waals surface area contributed by atoms with Crippen LogP contribution in [0.25, 0.3) is 0 Å². The lowest BCUT2D eigenvalue weighted by Crippen LogP contribution is -2.27. The molecule has 1 amide bonds. The summed E-state index contributed by atoms with van der Waals surface area (Å²) in [5.41, 5.74) is 0.111. The molecular formula is C19H19N5O6S. The highest BCUT2D eigenvalue weighted by Gasteiger charge is 2.28. The van der Waals surface area contributed by atoms with Crippen molar-refractivity contribution in [1.29, 1.82) is 0 Å². The van der Waals surface area contributed by atoms with E-state index in [2.05, 4.69) is 20.2 Å². The molecule has 12 heteroatoms. The van der Waals surface area contributed by atoms with Gasteiger partial charge in [-0.25, -0.2) is 8.42 Å². The molecule has 0 atom stereocenters. The van der Waals surface area contributed by atoms with Gasteiger partial charge in [-0.15, -0.1) is 0 Å². The van der Waals surface area contributed by atoms with Gasteiger partial charge in [0.2, 0.25) is 0 Å². The minimum Gasteiger partial charge on any atom is -0.497 e. The van der Waals surface area contributed by atoms with Gasteiger partial charge in [0.15, 0.2) is 4.90 Å². The molecule has 3 aromatic rings. The van der Waals surface area contributed by atoms with Gasteiger partial charge in [0.05, 0.1) is 30.0 Å². The molecule has 162 valence electrons. The van der Waals surface area contributed by atoms with E-state index in [-0.39, 0.29) is 17.1 Å². The van der Waals surface area contributed by atoms with Crippen molar-refractivity contribution >= 4 is 27.3 Å². The van der Waals surface area contributed by atoms with Crippen molar-refractivity contribution in [2.24, 2.45) is 0 Å². The van der Waals surface area contributed by atoms with Gasteiger partial charge in [0.1, 0.15) is 11.4 Å². The summed E-state index contributed by atoms with van der Waals surface area (Å²) in [6, 6.07) is 12.8. The lowest BCUT2D eigenvalue weighted by molar-refractivity contribution is -0.387. The molecule has 0 bridgehead atoms. The number of rotatable bonds is 9. The van der Waals surface area contributed by atoms with Crippen molar-refractivity contribution in [3.63, 3.8) is 0 Å². The fraction of sp³-hybridized carbons (Fsp3) is 0.158. The minimum absolute atomic E-state index is 0.118. The van der Waals surface area contributed by atoms with Crippen molar-refractivity contribution < 1.29 is 22.9 Å². The van der Waals surface area contributed by atoms with Gasteiger partial charge in [0, 0.05) is 6.54 Å². The summed E-state index contributed by atoms with van der Waals surface area (Å²) in [5, 5.41) is 20.1. The van der Waals surface area contributed by atoms with E-state index in [9.17, 15) is 23.3 Å². The van der Waals surface area contributed by atoms with Gasteiger partial charge >= 0.3 is 0 Å². The molecule has 3 rings (SSSR count). The lowest BCUT2D eigenvalue weighted by atomic mass is 10.1. The molecule has 1 heterocycles. The van der Waals surface area contributed by atoms with Gasteiger partial charge in [-0.1, -0.05) is 30.3 Å². The normalized spacial score (nSPS) is 11.0. The fourth-order valence-electron chi connectivity index (χ4n) is 2.78. The first kappa shape index (κ1) is 21.8. The van der Waals surface area contributed by atoms with Crippen LogP contribution in [0.1, 0.15) is 16.1 Å². The largest absolute Gasteiger partial charge is 0.497 e. The van der Waals surface area contributed by atoms with Gasteiger partial charge < -0.3 is 10.1 Å².